The third kappa shape index (κ3) is 1.52. The van der Waals surface area contributed by atoms with Gasteiger partial charge in [0, 0.05) is 19.8 Å². The second-order valence-electron chi connectivity index (χ2n) is 3.28. The molecular weight excluding hydrogens is 180 g/mol. The van der Waals surface area contributed by atoms with Gasteiger partial charge in [-0.1, -0.05) is 0 Å². The molecule has 0 aliphatic rings. The molecule has 0 spiro atoms. The summed E-state index contributed by atoms with van der Waals surface area (Å²) in [5.74, 6) is 0. The van der Waals surface area contributed by atoms with Gasteiger partial charge in [-0.2, -0.15) is 0 Å². The fraction of sp³-hybridized carbons (Fsp3) is 0.300. The monoisotopic (exact) mass is 192 g/mol. The van der Waals surface area contributed by atoms with Crippen molar-refractivity contribution in [2.45, 2.75) is 6.92 Å². The summed E-state index contributed by atoms with van der Waals surface area (Å²) in [4.78, 5) is 6.54. The van der Waals surface area contributed by atoms with Crippen LogP contribution in [0, 0.1) is 6.92 Å². The Morgan fingerprint density at radius 1 is 1.31 bits per heavy atom. The van der Waals surface area contributed by atoms with Gasteiger partial charge in [0.15, 0.2) is 0 Å². The summed E-state index contributed by atoms with van der Waals surface area (Å²) in [5.41, 5.74) is 2.31. The molecule has 0 amide bonds. The van der Waals surface area contributed by atoms with Crippen molar-refractivity contribution in [2.24, 2.45) is 0 Å². The maximum absolute atomic E-state index is 4.45. The van der Waals surface area contributed by atoms with Gasteiger partial charge in [0.05, 0.1) is 15.2 Å². The molecule has 1 aromatic carbocycles. The van der Waals surface area contributed by atoms with Crippen molar-refractivity contribution in [3.63, 3.8) is 0 Å². The van der Waals surface area contributed by atoms with Crippen LogP contribution < -0.4 is 4.90 Å². The van der Waals surface area contributed by atoms with Crippen molar-refractivity contribution in [3.8, 4) is 0 Å². The number of aryl methyl sites for hydroxylation is 1. The number of anilines is 1. The quantitative estimate of drug-likeness (QED) is 0.690. The van der Waals surface area contributed by atoms with Gasteiger partial charge >= 0.3 is 0 Å². The van der Waals surface area contributed by atoms with E-state index >= 15 is 0 Å². The summed E-state index contributed by atoms with van der Waals surface area (Å²) in [6.45, 7) is 2.04. The number of benzene rings is 1. The Balaban J connectivity index is 2.61. The molecule has 0 bridgehead atoms. The van der Waals surface area contributed by atoms with Crippen LogP contribution in [0.25, 0.3) is 10.2 Å². The first-order chi connectivity index (χ1) is 6.16. The van der Waals surface area contributed by atoms with Crippen LogP contribution in [0.5, 0.6) is 0 Å². The number of aromatic nitrogens is 1. The summed E-state index contributed by atoms with van der Waals surface area (Å²) in [6.07, 6.45) is 0. The number of hydrogen-bond donors (Lipinski definition) is 0. The van der Waals surface area contributed by atoms with E-state index < -0.39 is 0 Å². The average molecular weight is 192 g/mol. The molecule has 2 aromatic rings. The molecule has 0 radical (unpaired) electrons. The highest BCUT2D eigenvalue weighted by Gasteiger charge is 2.01. The number of thiazole rings is 1. The molecule has 0 unspecified atom stereocenters. The normalized spacial score (nSPS) is 10.7. The minimum absolute atomic E-state index is 1.11. The van der Waals surface area contributed by atoms with E-state index in [2.05, 4.69) is 28.1 Å². The summed E-state index contributed by atoms with van der Waals surface area (Å²) >= 11 is 1.74. The Morgan fingerprint density at radius 2 is 2.08 bits per heavy atom. The Morgan fingerprint density at radius 3 is 2.77 bits per heavy atom. The minimum Gasteiger partial charge on any atom is -0.378 e. The predicted molar refractivity (Wildman–Crippen MR) is 58.7 cm³/mol. The van der Waals surface area contributed by atoms with Crippen LogP contribution in [0.3, 0.4) is 0 Å². The van der Waals surface area contributed by atoms with E-state index in [1.165, 1.54) is 10.4 Å². The highest BCUT2D eigenvalue weighted by Crippen LogP contribution is 2.25. The van der Waals surface area contributed by atoms with Crippen LogP contribution in [0.1, 0.15) is 5.01 Å². The van der Waals surface area contributed by atoms with Crippen LogP contribution in [0.15, 0.2) is 18.2 Å². The lowest BCUT2D eigenvalue weighted by atomic mass is 10.3. The summed E-state index contributed by atoms with van der Waals surface area (Å²) in [5, 5.41) is 1.13. The van der Waals surface area contributed by atoms with E-state index in [4.69, 9.17) is 0 Å². The molecule has 0 N–H and O–H groups in total. The average Bonchev–Trinajstić information content (AvgIpc) is 2.42. The van der Waals surface area contributed by atoms with Crippen molar-refractivity contribution >= 4 is 27.2 Å². The van der Waals surface area contributed by atoms with Crippen LogP contribution >= 0.6 is 11.3 Å². The Bertz CT molecular complexity index is 431. The number of hydrogen-bond acceptors (Lipinski definition) is 3. The molecule has 0 atom stereocenters. The molecule has 0 aliphatic heterocycles. The van der Waals surface area contributed by atoms with E-state index in [9.17, 15) is 0 Å². The van der Waals surface area contributed by atoms with Gasteiger partial charge in [-0.3, -0.25) is 0 Å². The lowest BCUT2D eigenvalue weighted by molar-refractivity contribution is 1.13. The van der Waals surface area contributed by atoms with Gasteiger partial charge in [-0.05, 0) is 25.1 Å². The topological polar surface area (TPSA) is 16.1 Å². The molecule has 2 nitrogen and oxygen atoms in total. The van der Waals surface area contributed by atoms with Crippen molar-refractivity contribution in [1.82, 2.24) is 4.98 Å². The standard InChI is InChI=1S/C10H12N2S/c1-7-11-9-6-8(12(2)3)4-5-10(9)13-7/h4-6H,1-3H3. The zero-order chi connectivity index (χ0) is 9.42. The first kappa shape index (κ1) is 8.51. The molecule has 0 saturated heterocycles. The molecule has 1 heterocycles. The molecule has 2 rings (SSSR count). The van der Waals surface area contributed by atoms with Gasteiger partial charge in [0.25, 0.3) is 0 Å². The van der Waals surface area contributed by atoms with Crippen LogP contribution in [0.4, 0.5) is 5.69 Å². The van der Waals surface area contributed by atoms with Crippen LogP contribution in [-0.4, -0.2) is 19.1 Å². The van der Waals surface area contributed by atoms with Crippen molar-refractivity contribution in [2.75, 3.05) is 19.0 Å². The lowest BCUT2D eigenvalue weighted by Crippen LogP contribution is -2.07. The van der Waals surface area contributed by atoms with E-state index in [1.54, 1.807) is 11.3 Å². The molecule has 0 fully saturated rings. The Labute approximate surface area is 81.8 Å². The van der Waals surface area contributed by atoms with Gasteiger partial charge in [-0.25, -0.2) is 4.98 Å². The van der Waals surface area contributed by atoms with Crippen LogP contribution in [0.2, 0.25) is 0 Å². The van der Waals surface area contributed by atoms with E-state index in [-0.39, 0.29) is 0 Å². The highest BCUT2D eigenvalue weighted by molar-refractivity contribution is 7.18. The van der Waals surface area contributed by atoms with Crippen LogP contribution in [-0.2, 0) is 0 Å². The molecule has 68 valence electrons. The predicted octanol–water partition coefficient (Wildman–Crippen LogP) is 2.67. The van der Waals surface area contributed by atoms with Gasteiger partial charge in [0.2, 0.25) is 0 Å². The third-order valence-electron chi connectivity index (χ3n) is 1.99. The lowest BCUT2D eigenvalue weighted by Gasteiger charge is -2.11. The molecular formula is C10H12N2S. The molecule has 3 heteroatoms. The number of fused-ring (bicyclic) bond motifs is 1. The SMILES string of the molecule is Cc1nc2cc(N(C)C)ccc2s1. The van der Waals surface area contributed by atoms with Gasteiger partial charge in [0.1, 0.15) is 0 Å². The number of nitrogens with zero attached hydrogens (tertiary/aromatic N) is 2. The second-order valence-corrected chi connectivity index (χ2v) is 4.51. The molecule has 0 saturated carbocycles. The van der Waals surface area contributed by atoms with Crippen molar-refractivity contribution in [1.29, 1.82) is 0 Å². The minimum atomic E-state index is 1.11. The van der Waals surface area contributed by atoms with E-state index in [1.807, 2.05) is 21.0 Å². The first-order valence-corrected chi connectivity index (χ1v) is 5.03. The molecule has 0 aliphatic carbocycles. The fourth-order valence-electron chi connectivity index (χ4n) is 1.31. The molecule has 13 heavy (non-hydrogen) atoms. The first-order valence-electron chi connectivity index (χ1n) is 4.21. The Hall–Kier alpha value is -1.09. The van der Waals surface area contributed by atoms with Gasteiger partial charge in [-0.15, -0.1) is 11.3 Å². The van der Waals surface area contributed by atoms with Gasteiger partial charge < -0.3 is 4.90 Å². The highest BCUT2D eigenvalue weighted by atomic mass is 32.1. The zero-order valence-corrected chi connectivity index (χ0v) is 8.85. The van der Waals surface area contributed by atoms with Crippen molar-refractivity contribution < 1.29 is 0 Å². The summed E-state index contributed by atoms with van der Waals surface area (Å²) in [6, 6.07) is 6.38. The van der Waals surface area contributed by atoms with E-state index in [0.717, 1.165) is 10.5 Å². The van der Waals surface area contributed by atoms with Crippen molar-refractivity contribution in [3.05, 3.63) is 23.2 Å². The number of rotatable bonds is 1. The summed E-state index contributed by atoms with van der Waals surface area (Å²) < 4.78 is 1.27. The maximum Gasteiger partial charge on any atom is 0.0907 e. The smallest absolute Gasteiger partial charge is 0.0907 e. The van der Waals surface area contributed by atoms with E-state index in [0.29, 0.717) is 0 Å². The fourth-order valence-corrected chi connectivity index (χ4v) is 2.12. The maximum atomic E-state index is 4.45. The second kappa shape index (κ2) is 3.00. The summed E-state index contributed by atoms with van der Waals surface area (Å²) in [7, 11) is 4.08. The zero-order valence-electron chi connectivity index (χ0n) is 8.03. The third-order valence-corrected chi connectivity index (χ3v) is 2.95. The Kier molecular flexibility index (Phi) is 1.96. The molecule has 1 aromatic heterocycles. The largest absolute Gasteiger partial charge is 0.378 e.